The van der Waals surface area contributed by atoms with Gasteiger partial charge in [0.2, 0.25) is 0 Å². The number of aryl methyl sites for hydroxylation is 1. The van der Waals surface area contributed by atoms with E-state index in [1.54, 1.807) is 6.26 Å². The normalized spacial score (nSPS) is 11.0. The van der Waals surface area contributed by atoms with E-state index < -0.39 is 0 Å². The molecule has 2 aromatic rings. The molecule has 3 heteroatoms. The van der Waals surface area contributed by atoms with Crippen LogP contribution >= 0.6 is 15.9 Å². The molecule has 0 fully saturated rings. The van der Waals surface area contributed by atoms with Gasteiger partial charge in [0.05, 0.1) is 6.26 Å². The van der Waals surface area contributed by atoms with Crippen molar-refractivity contribution in [3.8, 4) is 0 Å². The van der Waals surface area contributed by atoms with E-state index >= 15 is 0 Å². The highest BCUT2D eigenvalue weighted by Gasteiger charge is 2.09. The van der Waals surface area contributed by atoms with Crippen LogP contribution in [0.5, 0.6) is 0 Å². The zero-order valence-corrected chi connectivity index (χ0v) is 8.89. The third-order valence-electron chi connectivity index (χ3n) is 2.16. The van der Waals surface area contributed by atoms with Gasteiger partial charge < -0.3 is 10.2 Å². The maximum absolute atomic E-state index is 5.60. The highest BCUT2D eigenvalue weighted by Crippen LogP contribution is 2.30. The summed E-state index contributed by atoms with van der Waals surface area (Å²) >= 11 is 3.49. The SMILES string of the molecule is Cc1ccc(Br)c2c(CN)coc12. The second kappa shape index (κ2) is 3.16. The van der Waals surface area contributed by atoms with Crippen LogP contribution in [0.1, 0.15) is 11.1 Å². The van der Waals surface area contributed by atoms with Crippen LogP contribution in [0.15, 0.2) is 27.3 Å². The minimum absolute atomic E-state index is 0.509. The Bertz CT molecular complexity index is 447. The van der Waals surface area contributed by atoms with Gasteiger partial charge in [0, 0.05) is 22.0 Å². The van der Waals surface area contributed by atoms with Crippen LogP contribution in [-0.2, 0) is 6.54 Å². The molecule has 0 atom stereocenters. The van der Waals surface area contributed by atoms with Gasteiger partial charge in [0.15, 0.2) is 0 Å². The zero-order chi connectivity index (χ0) is 9.42. The van der Waals surface area contributed by atoms with E-state index in [1.807, 2.05) is 19.1 Å². The molecule has 0 radical (unpaired) electrons. The second-order valence-corrected chi connectivity index (χ2v) is 3.89. The summed E-state index contributed by atoms with van der Waals surface area (Å²) in [5.41, 5.74) is 8.71. The quantitative estimate of drug-likeness (QED) is 0.832. The summed E-state index contributed by atoms with van der Waals surface area (Å²) in [6.07, 6.45) is 1.72. The lowest BCUT2D eigenvalue weighted by atomic mass is 10.1. The number of hydrogen-bond acceptors (Lipinski definition) is 2. The lowest BCUT2D eigenvalue weighted by molar-refractivity contribution is 0.608. The van der Waals surface area contributed by atoms with Crippen LogP contribution in [-0.4, -0.2) is 0 Å². The van der Waals surface area contributed by atoms with E-state index in [0.717, 1.165) is 26.6 Å². The number of nitrogens with two attached hydrogens (primary N) is 1. The van der Waals surface area contributed by atoms with Gasteiger partial charge in [-0.2, -0.15) is 0 Å². The van der Waals surface area contributed by atoms with Gasteiger partial charge >= 0.3 is 0 Å². The Balaban J connectivity index is 2.87. The molecule has 68 valence electrons. The van der Waals surface area contributed by atoms with Crippen LogP contribution in [0.25, 0.3) is 11.0 Å². The molecular formula is C10H10BrNO. The van der Waals surface area contributed by atoms with Gasteiger partial charge in [-0.3, -0.25) is 0 Å². The fourth-order valence-corrected chi connectivity index (χ4v) is 2.02. The molecule has 13 heavy (non-hydrogen) atoms. The molecule has 0 aliphatic heterocycles. The maximum Gasteiger partial charge on any atom is 0.138 e. The molecule has 0 aliphatic rings. The van der Waals surface area contributed by atoms with E-state index in [4.69, 9.17) is 10.2 Å². The van der Waals surface area contributed by atoms with Gasteiger partial charge in [-0.1, -0.05) is 22.0 Å². The van der Waals surface area contributed by atoms with Crippen LogP contribution in [0.4, 0.5) is 0 Å². The first-order valence-electron chi connectivity index (χ1n) is 4.09. The van der Waals surface area contributed by atoms with Crippen molar-refractivity contribution >= 4 is 26.9 Å². The van der Waals surface area contributed by atoms with Gasteiger partial charge in [0.1, 0.15) is 5.58 Å². The first kappa shape index (κ1) is 8.78. The molecule has 2 rings (SSSR count). The summed E-state index contributed by atoms with van der Waals surface area (Å²) in [4.78, 5) is 0. The summed E-state index contributed by atoms with van der Waals surface area (Å²) in [5, 5.41) is 1.10. The van der Waals surface area contributed by atoms with Gasteiger partial charge in [-0.05, 0) is 18.6 Å². The molecule has 0 unspecified atom stereocenters. The average Bonchev–Trinajstić information content (AvgIpc) is 2.56. The minimum atomic E-state index is 0.509. The summed E-state index contributed by atoms with van der Waals surface area (Å²) in [7, 11) is 0. The fourth-order valence-electron chi connectivity index (χ4n) is 1.45. The highest BCUT2D eigenvalue weighted by molar-refractivity contribution is 9.10. The smallest absolute Gasteiger partial charge is 0.138 e. The van der Waals surface area contributed by atoms with Crippen molar-refractivity contribution in [2.75, 3.05) is 0 Å². The summed E-state index contributed by atoms with van der Waals surface area (Å²) in [6, 6.07) is 4.04. The number of fused-ring (bicyclic) bond motifs is 1. The summed E-state index contributed by atoms with van der Waals surface area (Å²) < 4.78 is 6.49. The number of furan rings is 1. The van der Waals surface area contributed by atoms with Gasteiger partial charge in [0.25, 0.3) is 0 Å². The van der Waals surface area contributed by atoms with Crippen molar-refractivity contribution in [1.29, 1.82) is 0 Å². The average molecular weight is 240 g/mol. The number of benzene rings is 1. The summed E-state index contributed by atoms with van der Waals surface area (Å²) in [5.74, 6) is 0. The van der Waals surface area contributed by atoms with Crippen molar-refractivity contribution in [3.63, 3.8) is 0 Å². The third kappa shape index (κ3) is 1.28. The van der Waals surface area contributed by atoms with E-state index in [-0.39, 0.29) is 0 Å². The molecule has 1 aromatic carbocycles. The van der Waals surface area contributed by atoms with Gasteiger partial charge in [-0.15, -0.1) is 0 Å². The largest absolute Gasteiger partial charge is 0.464 e. The van der Waals surface area contributed by atoms with E-state index in [1.165, 1.54) is 0 Å². The molecular weight excluding hydrogens is 230 g/mol. The molecule has 2 nitrogen and oxygen atoms in total. The van der Waals surface area contributed by atoms with Crippen LogP contribution in [0, 0.1) is 6.92 Å². The van der Waals surface area contributed by atoms with Crippen molar-refractivity contribution in [3.05, 3.63) is 34.0 Å². The zero-order valence-electron chi connectivity index (χ0n) is 7.30. The summed E-state index contributed by atoms with van der Waals surface area (Å²) in [6.45, 7) is 2.54. The van der Waals surface area contributed by atoms with Crippen molar-refractivity contribution in [1.82, 2.24) is 0 Å². The predicted molar refractivity (Wildman–Crippen MR) is 56.5 cm³/mol. The molecule has 0 bridgehead atoms. The molecule has 0 amide bonds. The fraction of sp³-hybridized carbons (Fsp3) is 0.200. The van der Waals surface area contributed by atoms with Crippen molar-refractivity contribution in [2.45, 2.75) is 13.5 Å². The first-order chi connectivity index (χ1) is 6.24. The van der Waals surface area contributed by atoms with Crippen LogP contribution in [0.2, 0.25) is 0 Å². The molecule has 0 aliphatic carbocycles. The Morgan fingerprint density at radius 1 is 1.46 bits per heavy atom. The first-order valence-corrected chi connectivity index (χ1v) is 4.88. The van der Waals surface area contributed by atoms with E-state index in [9.17, 15) is 0 Å². The molecule has 0 spiro atoms. The Morgan fingerprint density at radius 2 is 2.23 bits per heavy atom. The molecule has 2 N–H and O–H groups in total. The number of rotatable bonds is 1. The van der Waals surface area contributed by atoms with Gasteiger partial charge in [-0.25, -0.2) is 0 Å². The molecule has 1 heterocycles. The maximum atomic E-state index is 5.60. The predicted octanol–water partition coefficient (Wildman–Crippen LogP) is 2.96. The standard InChI is InChI=1S/C10H10BrNO/c1-6-2-3-8(11)9-7(4-12)5-13-10(6)9/h2-3,5H,4,12H2,1H3. The molecule has 1 aromatic heterocycles. The Morgan fingerprint density at radius 3 is 2.92 bits per heavy atom. The Labute approximate surface area is 84.8 Å². The topological polar surface area (TPSA) is 39.2 Å². The monoisotopic (exact) mass is 239 g/mol. The van der Waals surface area contributed by atoms with Crippen LogP contribution in [0.3, 0.4) is 0 Å². The second-order valence-electron chi connectivity index (χ2n) is 3.03. The minimum Gasteiger partial charge on any atom is -0.464 e. The van der Waals surface area contributed by atoms with Crippen LogP contribution < -0.4 is 5.73 Å². The number of halogens is 1. The number of hydrogen-bond donors (Lipinski definition) is 1. The van der Waals surface area contributed by atoms with Crippen molar-refractivity contribution in [2.24, 2.45) is 5.73 Å². The van der Waals surface area contributed by atoms with E-state index in [0.29, 0.717) is 6.54 Å². The Hall–Kier alpha value is -0.800. The van der Waals surface area contributed by atoms with E-state index in [2.05, 4.69) is 15.9 Å². The molecule has 0 saturated heterocycles. The third-order valence-corrected chi connectivity index (χ3v) is 2.82. The Kier molecular flexibility index (Phi) is 2.14. The molecule has 0 saturated carbocycles. The lowest BCUT2D eigenvalue weighted by Crippen LogP contribution is -1.94. The van der Waals surface area contributed by atoms with Crippen molar-refractivity contribution < 1.29 is 4.42 Å². The highest BCUT2D eigenvalue weighted by atomic mass is 79.9. The lowest BCUT2D eigenvalue weighted by Gasteiger charge is -1.98.